The van der Waals surface area contributed by atoms with Gasteiger partial charge in [-0.15, -0.1) is 12.6 Å². The van der Waals surface area contributed by atoms with Gasteiger partial charge < -0.3 is 0 Å². The normalized spacial score (nSPS) is 8.88. The molecule has 0 saturated carbocycles. The van der Waals surface area contributed by atoms with E-state index < -0.39 is 10.4 Å². The van der Waals surface area contributed by atoms with Crippen LogP contribution in [0.1, 0.15) is 0 Å². The van der Waals surface area contributed by atoms with E-state index in [0.717, 1.165) is 0 Å². The highest BCUT2D eigenvalue weighted by Crippen LogP contribution is 1.59. The molecule has 0 aromatic heterocycles. The highest BCUT2D eigenvalue weighted by atomic mass is 32.3. The molecule has 0 bridgehead atoms. The van der Waals surface area contributed by atoms with Gasteiger partial charge in [0.25, 0.3) is 0 Å². The van der Waals surface area contributed by atoms with Crippen molar-refractivity contribution in [2.75, 3.05) is 0 Å². The van der Waals surface area contributed by atoms with Crippen LogP contribution in [0.25, 0.3) is 0 Å². The van der Waals surface area contributed by atoms with Crippen molar-refractivity contribution in [2.24, 2.45) is 0 Å². The number of thiol groups is 1. The van der Waals surface area contributed by atoms with E-state index in [4.69, 9.17) is 17.5 Å². The monoisotopic (exact) mass is 176 g/mol. The third-order valence-corrected chi connectivity index (χ3v) is 0. The van der Waals surface area contributed by atoms with E-state index in [1.807, 2.05) is 0 Å². The topological polar surface area (TPSA) is 74.6 Å². The van der Waals surface area contributed by atoms with Crippen LogP contribution >= 0.6 is 24.8 Å². The predicted molar refractivity (Wildman–Crippen MR) is 36.8 cm³/mol. The van der Waals surface area contributed by atoms with Gasteiger partial charge in [-0.1, -0.05) is 12.2 Å². The Hall–Kier alpha value is 0.310. The summed E-state index contributed by atoms with van der Waals surface area (Å²) >= 11 is 7.61. The summed E-state index contributed by atoms with van der Waals surface area (Å²) in [4.78, 5) is 0. The zero-order valence-electron chi connectivity index (χ0n) is 3.55. The quantitative estimate of drug-likeness (QED) is 0.280. The summed E-state index contributed by atoms with van der Waals surface area (Å²) in [5.74, 6) is 0. The highest BCUT2D eigenvalue weighted by Gasteiger charge is 1.84. The summed E-state index contributed by atoms with van der Waals surface area (Å²) < 4.78 is 32.9. The molecule has 7 heteroatoms. The Kier molecular flexibility index (Phi) is 7.59. The molecule has 4 nitrogen and oxygen atoms in total. The van der Waals surface area contributed by atoms with E-state index in [9.17, 15) is 0 Å². The first kappa shape index (κ1) is 11.2. The van der Waals surface area contributed by atoms with Crippen LogP contribution in [0.5, 0.6) is 0 Å². The van der Waals surface area contributed by atoms with Crippen molar-refractivity contribution in [1.29, 1.82) is 0 Å². The molecule has 0 heterocycles. The maximum Gasteiger partial charge on any atom is 0.394 e. The van der Waals surface area contributed by atoms with Crippen LogP contribution in [0.15, 0.2) is 0 Å². The third kappa shape index (κ3) is 1850. The minimum atomic E-state index is -4.67. The van der Waals surface area contributed by atoms with E-state index in [-0.39, 0.29) is 0 Å². The standard InChI is InChI=1S/CH2S2.H2O4S/c2-1-3;1-5(2,3)4/h1H,(H,2,3);(H2,1,2,3,4). The lowest BCUT2D eigenvalue weighted by Crippen LogP contribution is -1.89. The molecule has 0 amide bonds. The predicted octanol–water partition coefficient (Wildman–Crippen LogP) is 0.221. The fraction of sp³-hybridized carbons (Fsp3) is 0. The zero-order valence-corrected chi connectivity index (χ0v) is 6.08. The smallest absolute Gasteiger partial charge is 0.264 e. The van der Waals surface area contributed by atoms with Crippen LogP contribution in [0.2, 0.25) is 0 Å². The van der Waals surface area contributed by atoms with Gasteiger partial charge in [-0.3, -0.25) is 9.11 Å². The molecule has 0 aromatic rings. The van der Waals surface area contributed by atoms with E-state index in [2.05, 4.69) is 24.8 Å². The van der Waals surface area contributed by atoms with Gasteiger partial charge in [0, 0.05) is 4.70 Å². The number of hydrogen-bond acceptors (Lipinski definition) is 3. The molecule has 0 aliphatic heterocycles. The zero-order chi connectivity index (χ0) is 7.21. The lowest BCUT2D eigenvalue weighted by atomic mass is 11.9. The van der Waals surface area contributed by atoms with Gasteiger partial charge in [0.05, 0.1) is 0 Å². The van der Waals surface area contributed by atoms with Crippen LogP contribution in [0, 0.1) is 0 Å². The lowest BCUT2D eigenvalue weighted by Gasteiger charge is -1.68. The van der Waals surface area contributed by atoms with Crippen LogP contribution in [0.3, 0.4) is 0 Å². The number of rotatable bonds is 0. The Bertz CT molecular complexity index is 125. The fourth-order valence-corrected chi connectivity index (χ4v) is 0. The molecule has 0 radical (unpaired) electrons. The van der Waals surface area contributed by atoms with Gasteiger partial charge in [0.2, 0.25) is 0 Å². The average Bonchev–Trinajstić information content (AvgIpc) is 1.27. The van der Waals surface area contributed by atoms with Crippen LogP contribution in [-0.2, 0) is 10.4 Å². The maximum atomic E-state index is 8.74. The summed E-state index contributed by atoms with van der Waals surface area (Å²) in [5.41, 5.74) is 0. The number of hydrogen-bond donors (Lipinski definition) is 3. The van der Waals surface area contributed by atoms with Crippen molar-refractivity contribution in [1.82, 2.24) is 0 Å². The maximum absolute atomic E-state index is 8.74. The molecule has 0 aromatic carbocycles. The SMILES string of the molecule is O=S(=O)(O)O.S=CS. The van der Waals surface area contributed by atoms with Gasteiger partial charge >= 0.3 is 10.4 Å². The average molecular weight is 176 g/mol. The minimum absolute atomic E-state index is 1.28. The van der Waals surface area contributed by atoms with E-state index in [1.54, 1.807) is 0 Å². The molecule has 0 aliphatic rings. The van der Waals surface area contributed by atoms with Gasteiger partial charge in [-0.25, -0.2) is 0 Å². The second kappa shape index (κ2) is 5.45. The summed E-state index contributed by atoms with van der Waals surface area (Å²) in [7, 11) is -4.67. The molecular weight excluding hydrogens is 172 g/mol. The first-order valence-corrected chi connectivity index (χ1v) is 3.58. The summed E-state index contributed by atoms with van der Waals surface area (Å²) in [5, 5.41) is 0. The van der Waals surface area contributed by atoms with E-state index in [0.29, 0.717) is 0 Å². The molecule has 8 heavy (non-hydrogen) atoms. The summed E-state index contributed by atoms with van der Waals surface area (Å²) in [6, 6.07) is 0. The van der Waals surface area contributed by atoms with Crippen molar-refractivity contribution in [3.63, 3.8) is 0 Å². The Labute approximate surface area is 57.9 Å². The van der Waals surface area contributed by atoms with Gasteiger partial charge in [-0.2, -0.15) is 8.42 Å². The summed E-state index contributed by atoms with van der Waals surface area (Å²) in [6.45, 7) is 0. The first-order valence-electron chi connectivity index (χ1n) is 1.19. The molecule has 0 fully saturated rings. The minimum Gasteiger partial charge on any atom is -0.264 e. The molecule has 2 N–H and O–H groups in total. The van der Waals surface area contributed by atoms with Crippen molar-refractivity contribution in [3.05, 3.63) is 0 Å². The largest absolute Gasteiger partial charge is 0.394 e. The van der Waals surface area contributed by atoms with Gasteiger partial charge in [-0.05, 0) is 0 Å². The van der Waals surface area contributed by atoms with Crippen LogP contribution in [0.4, 0.5) is 0 Å². The number of thiocarbonyl (C=S) groups is 1. The second-order valence-corrected chi connectivity index (χ2v) is 2.29. The van der Waals surface area contributed by atoms with Crippen molar-refractivity contribution in [3.8, 4) is 0 Å². The van der Waals surface area contributed by atoms with Gasteiger partial charge in [0.1, 0.15) is 0 Å². The molecule has 0 saturated heterocycles. The van der Waals surface area contributed by atoms with Crippen molar-refractivity contribution in [2.45, 2.75) is 0 Å². The van der Waals surface area contributed by atoms with Crippen molar-refractivity contribution >= 4 is 39.9 Å². The fourth-order valence-electron chi connectivity index (χ4n) is 0. The van der Waals surface area contributed by atoms with Crippen LogP contribution < -0.4 is 0 Å². The Morgan fingerprint density at radius 2 is 1.50 bits per heavy atom. The second-order valence-electron chi connectivity index (χ2n) is 0.553. The lowest BCUT2D eigenvalue weighted by molar-refractivity contribution is 0.381. The summed E-state index contributed by atoms with van der Waals surface area (Å²) in [6.07, 6.45) is 0. The molecule has 0 rings (SSSR count). The molecule has 50 valence electrons. The highest BCUT2D eigenvalue weighted by molar-refractivity contribution is 8.08. The van der Waals surface area contributed by atoms with Crippen LogP contribution in [-0.4, -0.2) is 22.2 Å². The third-order valence-electron chi connectivity index (χ3n) is 0. The van der Waals surface area contributed by atoms with E-state index in [1.165, 1.54) is 4.70 Å². The first-order chi connectivity index (χ1) is 3.41. The molecular formula is CH4O4S3. The Morgan fingerprint density at radius 3 is 1.50 bits per heavy atom. The Balaban J connectivity index is 0. The molecule has 0 aliphatic carbocycles. The van der Waals surface area contributed by atoms with Gasteiger partial charge in [0.15, 0.2) is 0 Å². The van der Waals surface area contributed by atoms with E-state index >= 15 is 0 Å². The van der Waals surface area contributed by atoms with Crippen molar-refractivity contribution < 1.29 is 17.5 Å². The molecule has 0 atom stereocenters. The molecule has 0 unspecified atom stereocenters. The molecule has 0 spiro atoms. The Morgan fingerprint density at radius 1 is 1.50 bits per heavy atom.